The third-order valence-electron chi connectivity index (χ3n) is 30.3. The van der Waals surface area contributed by atoms with Crippen molar-refractivity contribution in [3.8, 4) is 0 Å². The maximum absolute atomic E-state index is 12.4. The molecule has 0 heterocycles. The van der Waals surface area contributed by atoms with Crippen LogP contribution in [0, 0.1) is 0 Å². The third kappa shape index (κ3) is 87.1. The molecule has 0 unspecified atom stereocenters. The number of aryl methyl sites for hydroxylation is 3. The standard InChI is InChI=1S/3C42H78O3S.C3H8O.Ti/c3*1-4-7-10-13-16-19-22-25-28-31-34-39-37-38-42(46(43,44)45)41(36-33-30-27-24-21-18-15-12-9-6-3)40(39)35-32-29-26-23-20-17-14-11-8-5-2;1-3(2)4;/h3*37-38H,4-36H2,1-3H3,(H,43,44,45);3-4H,1-2H3;/q;;;;+3/p-3. The van der Waals surface area contributed by atoms with Gasteiger partial charge in [0.15, 0.2) is 0 Å². The summed E-state index contributed by atoms with van der Waals surface area (Å²) in [6.45, 7) is 23.9. The second-order valence-corrected chi connectivity index (χ2v) is 48.4. The summed E-state index contributed by atoms with van der Waals surface area (Å²) in [6, 6.07) is 10.9. The Morgan fingerprint density at radius 1 is 0.168 bits per heavy atom. The quantitative estimate of drug-likeness (QED) is 0.0323. The molecular weight excluding hydrogens is 1850 g/mol. The first kappa shape index (κ1) is 143. The SMILES string of the molecule is CC(C)O.CCCCCCCCCCCCc1ccc(S(=O)(=O)[O-])c(CCCCCCCCCCCC)c1CCCCCCCCCCCC.CCCCCCCCCCCCc1ccc(S(=O)(=O)[O-])c(CCCCCCCCCCCC)c1CCCCCCCCCCCC.CCCCCCCCCCCCc1ccc(S(=O)(=O)[O-])c(CCCCCCCCCCCC)c1CCCCCCCCCCCC.[Ti+3]. The molecule has 0 bridgehead atoms. The van der Waals surface area contributed by atoms with E-state index in [0.717, 1.165) is 152 Å². The Morgan fingerprint density at radius 3 is 0.364 bits per heavy atom. The van der Waals surface area contributed by atoms with Crippen LogP contribution in [0.4, 0.5) is 0 Å². The summed E-state index contributed by atoms with van der Waals surface area (Å²) in [5.41, 5.74) is 10.2. The van der Waals surface area contributed by atoms with Gasteiger partial charge in [0.25, 0.3) is 0 Å². The molecule has 1 N–H and O–H groups in total. The summed E-state index contributed by atoms with van der Waals surface area (Å²) < 4.78 is 112. The van der Waals surface area contributed by atoms with Gasteiger partial charge in [-0.1, -0.05) is 601 Å². The summed E-state index contributed by atoms with van der Waals surface area (Å²) in [7, 11) is -13.4. The molecule has 0 saturated carbocycles. The zero-order valence-corrected chi connectivity index (χ0v) is 101. The molecule has 0 amide bonds. The average Bonchev–Trinajstić information content (AvgIpc) is 0.802. The fourth-order valence-corrected chi connectivity index (χ4v) is 23.8. The summed E-state index contributed by atoms with van der Waals surface area (Å²) in [6.07, 6.45) is 124. The van der Waals surface area contributed by atoms with Crippen molar-refractivity contribution in [1.29, 1.82) is 0 Å². The molecular formula is C129H239O10S3Ti. The molecule has 0 aliphatic rings. The van der Waals surface area contributed by atoms with Gasteiger partial charge >= 0.3 is 21.7 Å². The van der Waals surface area contributed by atoms with Crippen LogP contribution in [0.5, 0.6) is 0 Å². The Bertz CT molecular complexity index is 3190. The molecule has 143 heavy (non-hydrogen) atoms. The predicted molar refractivity (Wildman–Crippen MR) is 621 cm³/mol. The van der Waals surface area contributed by atoms with E-state index in [4.69, 9.17) is 5.11 Å². The Morgan fingerprint density at radius 2 is 0.259 bits per heavy atom. The summed E-state index contributed by atoms with van der Waals surface area (Å²) >= 11 is 0. The average molecular weight is 2090 g/mol. The van der Waals surface area contributed by atoms with E-state index < -0.39 is 30.4 Å². The van der Waals surface area contributed by atoms with Crippen molar-refractivity contribution < 1.29 is 65.7 Å². The van der Waals surface area contributed by atoms with Crippen LogP contribution in [0.25, 0.3) is 0 Å². The van der Waals surface area contributed by atoms with Crippen LogP contribution in [-0.4, -0.2) is 50.1 Å². The van der Waals surface area contributed by atoms with Crippen molar-refractivity contribution in [3.05, 3.63) is 86.5 Å². The van der Waals surface area contributed by atoms with Gasteiger partial charge in [-0.3, -0.25) is 0 Å². The van der Waals surface area contributed by atoms with Crippen LogP contribution >= 0.6 is 0 Å². The van der Waals surface area contributed by atoms with Crippen molar-refractivity contribution >= 4 is 30.4 Å². The molecule has 0 aromatic heterocycles. The summed E-state index contributed by atoms with van der Waals surface area (Å²) in [5, 5.41) is 8.06. The van der Waals surface area contributed by atoms with Gasteiger partial charge in [-0.05, 0) is 198 Å². The van der Waals surface area contributed by atoms with Crippen molar-refractivity contribution in [2.75, 3.05) is 0 Å². The molecule has 14 heteroatoms. The van der Waals surface area contributed by atoms with Crippen LogP contribution in [0.1, 0.15) is 704 Å². The minimum absolute atomic E-state index is 0. The fourth-order valence-electron chi connectivity index (χ4n) is 21.5. The van der Waals surface area contributed by atoms with E-state index in [9.17, 15) is 38.9 Å². The zero-order chi connectivity index (χ0) is 104. The molecule has 0 saturated heterocycles. The minimum Gasteiger partial charge on any atom is -0.744 e. The zero-order valence-electron chi connectivity index (χ0n) is 96.9. The number of hydrogen-bond donors (Lipinski definition) is 1. The smallest absolute Gasteiger partial charge is 0.744 e. The molecule has 3 aromatic rings. The predicted octanol–water partition coefficient (Wildman–Crippen LogP) is 42.3. The molecule has 0 spiro atoms. The van der Waals surface area contributed by atoms with Crippen LogP contribution in [0.15, 0.2) is 51.1 Å². The van der Waals surface area contributed by atoms with E-state index in [2.05, 4.69) is 62.3 Å². The van der Waals surface area contributed by atoms with Gasteiger partial charge in [0.05, 0.1) is 14.7 Å². The van der Waals surface area contributed by atoms with Gasteiger partial charge < -0.3 is 18.8 Å². The Hall–Kier alpha value is -1.94. The van der Waals surface area contributed by atoms with Gasteiger partial charge in [-0.15, -0.1) is 0 Å². The van der Waals surface area contributed by atoms with E-state index >= 15 is 0 Å². The monoisotopic (exact) mass is 2090 g/mol. The van der Waals surface area contributed by atoms with E-state index in [1.165, 1.54) is 534 Å². The number of hydrogen-bond acceptors (Lipinski definition) is 10. The molecule has 0 aliphatic carbocycles. The van der Waals surface area contributed by atoms with Crippen LogP contribution in [0.3, 0.4) is 0 Å². The van der Waals surface area contributed by atoms with Gasteiger partial charge in [0, 0.05) is 6.10 Å². The Kier molecular flexibility index (Phi) is 106. The summed E-state index contributed by atoms with van der Waals surface area (Å²) in [5.74, 6) is 0. The van der Waals surface area contributed by atoms with Gasteiger partial charge in [0.2, 0.25) is 0 Å². The van der Waals surface area contributed by atoms with Gasteiger partial charge in [-0.2, -0.15) is 0 Å². The Labute approximate surface area is 908 Å². The molecule has 1 radical (unpaired) electrons. The molecule has 837 valence electrons. The van der Waals surface area contributed by atoms with Crippen molar-refractivity contribution in [2.24, 2.45) is 0 Å². The maximum atomic E-state index is 12.4. The topological polar surface area (TPSA) is 192 Å². The summed E-state index contributed by atoms with van der Waals surface area (Å²) in [4.78, 5) is 0.201. The van der Waals surface area contributed by atoms with Gasteiger partial charge in [-0.25, -0.2) is 25.3 Å². The number of benzene rings is 3. The van der Waals surface area contributed by atoms with E-state index in [1.54, 1.807) is 32.0 Å². The van der Waals surface area contributed by atoms with Crippen molar-refractivity contribution in [1.82, 2.24) is 0 Å². The van der Waals surface area contributed by atoms with Crippen LogP contribution in [-0.2, 0) is 110 Å². The van der Waals surface area contributed by atoms with Crippen molar-refractivity contribution in [2.45, 2.75) is 733 Å². The largest absolute Gasteiger partial charge is 3.00 e. The normalized spacial score (nSPS) is 11.7. The van der Waals surface area contributed by atoms with E-state index in [0.29, 0.717) is 0 Å². The first-order chi connectivity index (χ1) is 69.1. The number of aliphatic hydroxyl groups excluding tert-OH is 1. The molecule has 0 atom stereocenters. The first-order valence-electron chi connectivity index (χ1n) is 63.1. The van der Waals surface area contributed by atoms with Crippen molar-refractivity contribution in [3.63, 3.8) is 0 Å². The van der Waals surface area contributed by atoms with Crippen LogP contribution < -0.4 is 0 Å². The molecule has 3 rings (SSSR count). The molecule has 10 nitrogen and oxygen atoms in total. The third-order valence-corrected chi connectivity index (χ3v) is 33.1. The number of rotatable bonds is 102. The number of unbranched alkanes of at least 4 members (excludes halogenated alkanes) is 81. The molecule has 3 aromatic carbocycles. The minimum atomic E-state index is -4.48. The molecule has 0 fully saturated rings. The first-order valence-corrected chi connectivity index (χ1v) is 67.3. The fraction of sp³-hybridized carbons (Fsp3) is 0.860. The second-order valence-electron chi connectivity index (χ2n) is 44.4. The van der Waals surface area contributed by atoms with E-state index in [-0.39, 0.29) is 42.5 Å². The Balaban J connectivity index is 0. The second kappa shape index (κ2) is 106. The van der Waals surface area contributed by atoms with Gasteiger partial charge in [0.1, 0.15) is 30.4 Å². The maximum Gasteiger partial charge on any atom is 3.00 e. The molecule has 0 aliphatic heterocycles. The van der Waals surface area contributed by atoms with E-state index in [1.807, 2.05) is 18.2 Å². The number of aliphatic hydroxyl groups is 1. The van der Waals surface area contributed by atoms with Crippen LogP contribution in [0.2, 0.25) is 0 Å².